The second-order valence-corrected chi connectivity index (χ2v) is 3.94. The number of nitrogens with one attached hydrogen (secondary N) is 2. The zero-order valence-electron chi connectivity index (χ0n) is 10.5. The molecular formula is C12H19F2N3. The quantitative estimate of drug-likeness (QED) is 0.804. The van der Waals surface area contributed by atoms with Gasteiger partial charge < -0.3 is 10.6 Å². The smallest absolute Gasteiger partial charge is 0.168 e. The topological polar surface area (TPSA) is 37.0 Å². The maximum Gasteiger partial charge on any atom is 0.168 e. The molecule has 5 heteroatoms. The van der Waals surface area contributed by atoms with Crippen molar-refractivity contribution in [1.82, 2.24) is 4.98 Å². The summed E-state index contributed by atoms with van der Waals surface area (Å²) in [4.78, 5) is 3.89. The predicted molar refractivity (Wildman–Crippen MR) is 66.3 cm³/mol. The van der Waals surface area contributed by atoms with Gasteiger partial charge in [-0.25, -0.2) is 13.8 Å². The first-order chi connectivity index (χ1) is 8.12. The van der Waals surface area contributed by atoms with E-state index in [9.17, 15) is 8.78 Å². The predicted octanol–water partition coefficient (Wildman–Crippen LogP) is 3.39. The molecule has 0 fully saturated rings. The molecule has 17 heavy (non-hydrogen) atoms. The molecule has 3 nitrogen and oxygen atoms in total. The van der Waals surface area contributed by atoms with Crippen LogP contribution in [-0.2, 0) is 0 Å². The van der Waals surface area contributed by atoms with Crippen LogP contribution in [0.2, 0.25) is 0 Å². The van der Waals surface area contributed by atoms with Crippen LogP contribution in [0.1, 0.15) is 33.1 Å². The molecule has 1 rings (SSSR count). The lowest BCUT2D eigenvalue weighted by molar-refractivity contribution is 0.567. The molecular weight excluding hydrogens is 224 g/mol. The molecule has 0 radical (unpaired) electrons. The van der Waals surface area contributed by atoms with Crippen LogP contribution < -0.4 is 10.6 Å². The molecule has 96 valence electrons. The van der Waals surface area contributed by atoms with Crippen molar-refractivity contribution in [3.05, 3.63) is 17.7 Å². The largest absolute Gasteiger partial charge is 0.371 e. The summed E-state index contributed by atoms with van der Waals surface area (Å²) in [5, 5.41) is 5.60. The van der Waals surface area contributed by atoms with Crippen molar-refractivity contribution in [2.24, 2.45) is 0 Å². The Hall–Kier alpha value is -1.39. The highest BCUT2D eigenvalue weighted by Crippen LogP contribution is 2.20. The molecule has 0 bridgehead atoms. The fourth-order valence-electron chi connectivity index (χ4n) is 1.66. The Morgan fingerprint density at radius 3 is 2.41 bits per heavy atom. The number of halogens is 2. The molecule has 0 saturated carbocycles. The summed E-state index contributed by atoms with van der Waals surface area (Å²) in [6.07, 6.45) is 2.82. The zero-order chi connectivity index (χ0) is 12.8. The monoisotopic (exact) mass is 243 g/mol. The molecule has 0 aromatic carbocycles. The van der Waals surface area contributed by atoms with Crippen LogP contribution >= 0.6 is 0 Å². The fourth-order valence-corrected chi connectivity index (χ4v) is 1.66. The number of aromatic nitrogens is 1. The average Bonchev–Trinajstić information content (AvgIpc) is 2.31. The highest BCUT2D eigenvalue weighted by atomic mass is 19.1. The Labute approximate surface area is 101 Å². The zero-order valence-corrected chi connectivity index (χ0v) is 10.5. The second kappa shape index (κ2) is 6.37. The van der Waals surface area contributed by atoms with Crippen molar-refractivity contribution >= 4 is 11.6 Å². The second-order valence-electron chi connectivity index (χ2n) is 3.94. The third-order valence-corrected chi connectivity index (χ3v) is 2.64. The van der Waals surface area contributed by atoms with E-state index in [0.29, 0.717) is 0 Å². The standard InChI is InChI=1S/C12H19F2N3/c1-4-6-8(5-2)16-12-10(14)7-9(13)11(15-3)17-12/h7-8H,4-6H2,1-3H3,(H2,15,16,17). The van der Waals surface area contributed by atoms with Crippen molar-refractivity contribution in [1.29, 1.82) is 0 Å². The van der Waals surface area contributed by atoms with Gasteiger partial charge in [0, 0.05) is 19.2 Å². The van der Waals surface area contributed by atoms with Crippen molar-refractivity contribution in [3.8, 4) is 0 Å². The van der Waals surface area contributed by atoms with Crippen molar-refractivity contribution in [2.75, 3.05) is 17.7 Å². The Kier molecular flexibility index (Phi) is 5.12. The lowest BCUT2D eigenvalue weighted by atomic mass is 10.1. The molecule has 0 aliphatic carbocycles. The number of hydrogen-bond donors (Lipinski definition) is 2. The molecule has 1 unspecified atom stereocenters. The molecule has 1 aromatic rings. The Bertz CT molecular complexity index is 369. The van der Waals surface area contributed by atoms with Gasteiger partial charge >= 0.3 is 0 Å². The van der Waals surface area contributed by atoms with Gasteiger partial charge in [0.25, 0.3) is 0 Å². The van der Waals surface area contributed by atoms with E-state index in [2.05, 4.69) is 22.5 Å². The van der Waals surface area contributed by atoms with Crippen molar-refractivity contribution in [2.45, 2.75) is 39.2 Å². The minimum Gasteiger partial charge on any atom is -0.371 e. The first kappa shape index (κ1) is 13.7. The summed E-state index contributed by atoms with van der Waals surface area (Å²) >= 11 is 0. The van der Waals surface area contributed by atoms with Crippen LogP contribution in [0.25, 0.3) is 0 Å². The minimum absolute atomic E-state index is 0.0558. The summed E-state index contributed by atoms with van der Waals surface area (Å²) < 4.78 is 26.7. The van der Waals surface area contributed by atoms with Crippen LogP contribution in [0.5, 0.6) is 0 Å². The van der Waals surface area contributed by atoms with Gasteiger partial charge in [-0.3, -0.25) is 0 Å². The molecule has 0 spiro atoms. The van der Waals surface area contributed by atoms with E-state index in [1.54, 1.807) is 7.05 Å². The Morgan fingerprint density at radius 1 is 1.24 bits per heavy atom. The summed E-state index contributed by atoms with van der Waals surface area (Å²) in [5.41, 5.74) is 0. The van der Waals surface area contributed by atoms with E-state index >= 15 is 0 Å². The van der Waals surface area contributed by atoms with Crippen LogP contribution in [0.15, 0.2) is 6.07 Å². The van der Waals surface area contributed by atoms with E-state index in [1.807, 2.05) is 6.92 Å². The van der Waals surface area contributed by atoms with E-state index in [-0.39, 0.29) is 17.7 Å². The van der Waals surface area contributed by atoms with Gasteiger partial charge in [0.2, 0.25) is 0 Å². The van der Waals surface area contributed by atoms with Gasteiger partial charge in [-0.1, -0.05) is 20.3 Å². The summed E-state index contributed by atoms with van der Waals surface area (Å²) in [6, 6.07) is 1.01. The van der Waals surface area contributed by atoms with Crippen LogP contribution in [0.4, 0.5) is 20.4 Å². The highest BCUT2D eigenvalue weighted by molar-refractivity contribution is 5.47. The number of pyridine rings is 1. The van der Waals surface area contributed by atoms with Gasteiger partial charge in [-0.15, -0.1) is 0 Å². The minimum atomic E-state index is -0.681. The Morgan fingerprint density at radius 2 is 1.88 bits per heavy atom. The van der Waals surface area contributed by atoms with E-state index < -0.39 is 11.6 Å². The lowest BCUT2D eigenvalue weighted by Gasteiger charge is -2.17. The average molecular weight is 243 g/mol. The number of nitrogens with zero attached hydrogens (tertiary/aromatic N) is 1. The number of rotatable bonds is 6. The molecule has 0 aliphatic rings. The fraction of sp³-hybridized carbons (Fsp3) is 0.583. The molecule has 1 heterocycles. The van der Waals surface area contributed by atoms with Gasteiger partial charge in [0.05, 0.1) is 0 Å². The number of hydrogen-bond acceptors (Lipinski definition) is 3. The lowest BCUT2D eigenvalue weighted by Crippen LogP contribution is -2.20. The van der Waals surface area contributed by atoms with Gasteiger partial charge in [-0.2, -0.15) is 0 Å². The van der Waals surface area contributed by atoms with Gasteiger partial charge in [0.15, 0.2) is 23.3 Å². The summed E-state index contributed by atoms with van der Waals surface area (Å²) in [6.45, 7) is 4.09. The molecule has 1 aromatic heterocycles. The molecule has 0 aliphatic heterocycles. The Balaban J connectivity index is 2.89. The SMILES string of the molecule is CCCC(CC)Nc1nc(NC)c(F)cc1F. The number of anilines is 2. The van der Waals surface area contributed by atoms with Gasteiger partial charge in [-0.05, 0) is 12.8 Å². The normalized spacial score (nSPS) is 12.3. The van der Waals surface area contributed by atoms with E-state index in [1.165, 1.54) is 0 Å². The highest BCUT2D eigenvalue weighted by Gasteiger charge is 2.13. The van der Waals surface area contributed by atoms with Crippen LogP contribution in [0, 0.1) is 11.6 Å². The first-order valence-corrected chi connectivity index (χ1v) is 5.92. The maximum absolute atomic E-state index is 13.5. The molecule has 0 saturated heterocycles. The maximum atomic E-state index is 13.5. The molecule has 1 atom stereocenters. The van der Waals surface area contributed by atoms with E-state index in [0.717, 1.165) is 25.3 Å². The summed E-state index contributed by atoms with van der Waals surface area (Å²) in [7, 11) is 1.55. The van der Waals surface area contributed by atoms with Gasteiger partial charge in [0.1, 0.15) is 0 Å². The third kappa shape index (κ3) is 3.54. The molecule has 0 amide bonds. The third-order valence-electron chi connectivity index (χ3n) is 2.64. The van der Waals surface area contributed by atoms with Crippen molar-refractivity contribution in [3.63, 3.8) is 0 Å². The summed E-state index contributed by atoms with van der Waals surface area (Å²) in [5.74, 6) is -1.17. The van der Waals surface area contributed by atoms with E-state index in [4.69, 9.17) is 0 Å². The van der Waals surface area contributed by atoms with Crippen LogP contribution in [-0.4, -0.2) is 18.1 Å². The van der Waals surface area contributed by atoms with Crippen molar-refractivity contribution < 1.29 is 8.78 Å². The van der Waals surface area contributed by atoms with Crippen LogP contribution in [0.3, 0.4) is 0 Å². The first-order valence-electron chi connectivity index (χ1n) is 5.92. The molecule has 2 N–H and O–H groups in total.